The maximum absolute atomic E-state index is 12.3. The lowest BCUT2D eigenvalue weighted by atomic mass is 10.3. The molecule has 0 spiro atoms. The van der Waals surface area contributed by atoms with Crippen LogP contribution in [0.4, 0.5) is 5.13 Å². The van der Waals surface area contributed by atoms with Gasteiger partial charge >= 0.3 is 0 Å². The molecule has 4 heterocycles. The number of carbonyl (C=O) groups excluding carboxylic acids is 1. The maximum Gasteiger partial charge on any atom is 0.277 e. The van der Waals surface area contributed by atoms with Crippen molar-refractivity contribution < 1.29 is 4.79 Å². The number of aromatic nitrogens is 4. The summed E-state index contributed by atoms with van der Waals surface area (Å²) in [5.74, 6) is -0.295. The lowest BCUT2D eigenvalue weighted by Crippen LogP contribution is -2.12. The highest BCUT2D eigenvalue weighted by molar-refractivity contribution is 7.14. The molecule has 0 aliphatic heterocycles. The number of thiophene rings is 1. The molecule has 0 saturated heterocycles. The molecule has 4 aromatic heterocycles. The van der Waals surface area contributed by atoms with Crippen LogP contribution in [0.5, 0.6) is 0 Å². The van der Waals surface area contributed by atoms with Gasteiger partial charge in [0.1, 0.15) is 5.69 Å². The molecular weight excluding hydrogens is 342 g/mol. The summed E-state index contributed by atoms with van der Waals surface area (Å²) in [4.78, 5) is 22.0. The molecule has 1 amide bonds. The van der Waals surface area contributed by atoms with Crippen LogP contribution < -0.4 is 5.32 Å². The number of nitrogens with one attached hydrogen (secondary N) is 2. The van der Waals surface area contributed by atoms with E-state index in [0.717, 1.165) is 22.0 Å². The molecule has 0 aromatic carbocycles. The number of aromatic amines is 1. The summed E-state index contributed by atoms with van der Waals surface area (Å²) >= 11 is 2.94. The molecule has 0 bridgehead atoms. The van der Waals surface area contributed by atoms with Gasteiger partial charge in [-0.2, -0.15) is 5.10 Å². The predicted octanol–water partition coefficient (Wildman–Crippen LogP) is 3.91. The lowest BCUT2D eigenvalue weighted by molar-refractivity contribution is 0.102. The van der Waals surface area contributed by atoms with Crippen molar-refractivity contribution in [3.63, 3.8) is 0 Å². The lowest BCUT2D eigenvalue weighted by Gasteiger charge is -1.97. The number of rotatable bonds is 4. The average Bonchev–Trinajstić information content (AvgIpc) is 3.36. The summed E-state index contributed by atoms with van der Waals surface area (Å²) in [5, 5.41) is 14.1. The Labute approximate surface area is 145 Å². The molecule has 4 aromatic rings. The fraction of sp³-hybridized carbons (Fsp3) is 0. The van der Waals surface area contributed by atoms with E-state index in [4.69, 9.17) is 0 Å². The van der Waals surface area contributed by atoms with Crippen LogP contribution in [0.1, 0.15) is 10.5 Å². The Kier molecular flexibility index (Phi) is 3.89. The minimum atomic E-state index is -0.295. The zero-order chi connectivity index (χ0) is 16.4. The molecule has 0 aliphatic rings. The Morgan fingerprint density at radius 3 is 2.88 bits per heavy atom. The average molecular weight is 353 g/mol. The second kappa shape index (κ2) is 6.34. The van der Waals surface area contributed by atoms with E-state index in [-0.39, 0.29) is 5.91 Å². The summed E-state index contributed by atoms with van der Waals surface area (Å²) in [6.07, 6.45) is 1.71. The zero-order valence-corrected chi connectivity index (χ0v) is 13.9. The van der Waals surface area contributed by atoms with Crippen molar-refractivity contribution in [1.82, 2.24) is 20.2 Å². The minimum absolute atomic E-state index is 0.295. The molecular formula is C16H11N5OS2. The van der Waals surface area contributed by atoms with Crippen molar-refractivity contribution in [3.05, 3.63) is 59.0 Å². The molecule has 0 saturated carbocycles. The van der Waals surface area contributed by atoms with Crippen LogP contribution in [-0.4, -0.2) is 26.1 Å². The van der Waals surface area contributed by atoms with Gasteiger partial charge in [0.2, 0.25) is 0 Å². The molecule has 0 fully saturated rings. The number of pyridine rings is 1. The fourth-order valence-corrected chi connectivity index (χ4v) is 3.51. The topological polar surface area (TPSA) is 83.6 Å². The molecule has 0 radical (unpaired) electrons. The summed E-state index contributed by atoms with van der Waals surface area (Å²) in [6, 6.07) is 11.3. The third-order valence-corrected chi connectivity index (χ3v) is 4.91. The van der Waals surface area contributed by atoms with Crippen LogP contribution in [0.25, 0.3) is 22.0 Å². The van der Waals surface area contributed by atoms with E-state index in [1.54, 1.807) is 23.6 Å². The van der Waals surface area contributed by atoms with Crippen LogP contribution >= 0.6 is 22.7 Å². The van der Waals surface area contributed by atoms with Crippen LogP contribution in [-0.2, 0) is 0 Å². The first-order valence-corrected chi connectivity index (χ1v) is 8.83. The molecule has 118 valence electrons. The Hall–Kier alpha value is -2.84. The van der Waals surface area contributed by atoms with Crippen LogP contribution in [0, 0.1) is 0 Å². The molecule has 0 unspecified atom stereocenters. The molecule has 2 N–H and O–H groups in total. The Morgan fingerprint density at radius 1 is 1.12 bits per heavy atom. The quantitative estimate of drug-likeness (QED) is 0.583. The highest BCUT2D eigenvalue weighted by Crippen LogP contribution is 2.25. The van der Waals surface area contributed by atoms with Gasteiger partial charge in [-0.05, 0) is 29.6 Å². The smallest absolute Gasteiger partial charge is 0.277 e. The minimum Gasteiger partial charge on any atom is -0.296 e. The first kappa shape index (κ1) is 14.7. The summed E-state index contributed by atoms with van der Waals surface area (Å²) in [6.45, 7) is 0. The van der Waals surface area contributed by atoms with Gasteiger partial charge in [0.15, 0.2) is 10.8 Å². The normalized spacial score (nSPS) is 10.7. The molecule has 8 heteroatoms. The van der Waals surface area contributed by atoms with Crippen LogP contribution in [0.3, 0.4) is 0 Å². The molecule has 24 heavy (non-hydrogen) atoms. The largest absolute Gasteiger partial charge is 0.296 e. The van der Waals surface area contributed by atoms with Gasteiger partial charge in [-0.15, -0.1) is 22.7 Å². The number of H-pyrrole nitrogens is 1. The standard InChI is InChI=1S/C16H11N5OS2/c22-15(12-8-11(20-21-12)14-5-3-7-23-14)19-16-18-13(9-24-16)10-4-1-2-6-17-10/h1-9H,(H,20,21)(H,18,19,22). The van der Waals surface area contributed by atoms with E-state index < -0.39 is 0 Å². The van der Waals surface area contributed by atoms with Crippen molar-refractivity contribution in [1.29, 1.82) is 0 Å². The highest BCUT2D eigenvalue weighted by Gasteiger charge is 2.14. The predicted molar refractivity (Wildman–Crippen MR) is 95.2 cm³/mol. The van der Waals surface area contributed by atoms with E-state index in [9.17, 15) is 4.79 Å². The number of nitrogens with zero attached hydrogens (tertiary/aromatic N) is 3. The van der Waals surface area contributed by atoms with Crippen LogP contribution in [0.15, 0.2) is 53.4 Å². The van der Waals surface area contributed by atoms with Crippen LogP contribution in [0.2, 0.25) is 0 Å². The third-order valence-electron chi connectivity index (χ3n) is 3.25. The van der Waals surface area contributed by atoms with E-state index in [2.05, 4.69) is 25.5 Å². The summed E-state index contributed by atoms with van der Waals surface area (Å²) < 4.78 is 0. The number of anilines is 1. The second-order valence-electron chi connectivity index (χ2n) is 4.85. The van der Waals surface area contributed by atoms with E-state index in [1.165, 1.54) is 11.3 Å². The fourth-order valence-electron chi connectivity index (χ4n) is 2.12. The van der Waals surface area contributed by atoms with Gasteiger partial charge in [-0.3, -0.25) is 20.2 Å². The van der Waals surface area contributed by atoms with Gasteiger partial charge in [0.05, 0.1) is 16.3 Å². The SMILES string of the molecule is O=C(Nc1nc(-c2ccccn2)cs1)c1cc(-c2cccs2)[nH]n1. The van der Waals surface area contributed by atoms with Crippen molar-refractivity contribution in [2.75, 3.05) is 5.32 Å². The Morgan fingerprint density at radius 2 is 2.08 bits per heavy atom. The van der Waals surface area contributed by atoms with Gasteiger partial charge in [0.25, 0.3) is 5.91 Å². The molecule has 0 atom stereocenters. The van der Waals surface area contributed by atoms with E-state index >= 15 is 0 Å². The Balaban J connectivity index is 1.50. The van der Waals surface area contributed by atoms with E-state index in [0.29, 0.717) is 10.8 Å². The van der Waals surface area contributed by atoms with Gasteiger partial charge in [-0.1, -0.05) is 12.1 Å². The molecule has 4 rings (SSSR count). The Bertz CT molecular complexity index is 959. The van der Waals surface area contributed by atoms with Crippen molar-refractivity contribution in [2.24, 2.45) is 0 Å². The van der Waals surface area contributed by atoms with Crippen molar-refractivity contribution in [3.8, 4) is 22.0 Å². The highest BCUT2D eigenvalue weighted by atomic mass is 32.1. The monoisotopic (exact) mass is 353 g/mol. The number of hydrogen-bond acceptors (Lipinski definition) is 6. The first-order chi connectivity index (χ1) is 11.8. The molecule has 6 nitrogen and oxygen atoms in total. The second-order valence-corrected chi connectivity index (χ2v) is 6.66. The number of hydrogen-bond donors (Lipinski definition) is 2. The number of amides is 1. The third kappa shape index (κ3) is 2.97. The zero-order valence-electron chi connectivity index (χ0n) is 12.3. The van der Waals surface area contributed by atoms with Gasteiger partial charge in [-0.25, -0.2) is 4.98 Å². The van der Waals surface area contributed by atoms with Crippen molar-refractivity contribution in [2.45, 2.75) is 0 Å². The molecule has 0 aliphatic carbocycles. The summed E-state index contributed by atoms with van der Waals surface area (Å²) in [5.41, 5.74) is 2.66. The number of carbonyl (C=O) groups is 1. The maximum atomic E-state index is 12.3. The van der Waals surface area contributed by atoms with Gasteiger partial charge in [0, 0.05) is 11.6 Å². The number of thiazole rings is 1. The van der Waals surface area contributed by atoms with E-state index in [1.807, 2.05) is 41.1 Å². The van der Waals surface area contributed by atoms with Gasteiger partial charge < -0.3 is 0 Å². The van der Waals surface area contributed by atoms with Crippen molar-refractivity contribution >= 4 is 33.7 Å². The summed E-state index contributed by atoms with van der Waals surface area (Å²) in [7, 11) is 0. The first-order valence-electron chi connectivity index (χ1n) is 7.07.